The lowest BCUT2D eigenvalue weighted by Gasteiger charge is -2.26. The highest BCUT2D eigenvalue weighted by molar-refractivity contribution is 5.80. The molecule has 1 aliphatic rings. The molecule has 114 valence electrons. The summed E-state index contributed by atoms with van der Waals surface area (Å²) >= 11 is 0. The predicted molar refractivity (Wildman–Crippen MR) is 89.5 cm³/mol. The van der Waals surface area contributed by atoms with Gasteiger partial charge in [-0.05, 0) is 37.0 Å². The van der Waals surface area contributed by atoms with E-state index in [9.17, 15) is 0 Å². The van der Waals surface area contributed by atoms with Gasteiger partial charge in [0.05, 0.1) is 11.0 Å². The third kappa shape index (κ3) is 2.78. The van der Waals surface area contributed by atoms with Crippen molar-refractivity contribution in [1.82, 2.24) is 9.55 Å². The van der Waals surface area contributed by atoms with Crippen molar-refractivity contribution in [2.75, 3.05) is 5.73 Å². The average Bonchev–Trinajstić information content (AvgIpc) is 3.14. The molecule has 1 aromatic carbocycles. The number of hydrogen-bond acceptors (Lipinski definition) is 2. The molecule has 1 aromatic heterocycles. The molecule has 21 heavy (non-hydrogen) atoms. The van der Waals surface area contributed by atoms with Gasteiger partial charge in [-0.25, -0.2) is 4.98 Å². The van der Waals surface area contributed by atoms with Gasteiger partial charge in [-0.15, -0.1) is 0 Å². The van der Waals surface area contributed by atoms with Crippen LogP contribution in [0.2, 0.25) is 0 Å². The number of nitrogens with zero attached hydrogens (tertiary/aromatic N) is 2. The van der Waals surface area contributed by atoms with E-state index in [0.717, 1.165) is 23.5 Å². The first kappa shape index (κ1) is 14.4. The van der Waals surface area contributed by atoms with Gasteiger partial charge in [0.1, 0.15) is 5.82 Å². The molecule has 0 saturated heterocycles. The summed E-state index contributed by atoms with van der Waals surface area (Å²) in [5.41, 5.74) is 9.06. The molecule has 3 heteroatoms. The third-order valence-electron chi connectivity index (χ3n) is 4.52. The first-order valence-corrected chi connectivity index (χ1v) is 8.18. The minimum absolute atomic E-state index is 0.0464. The summed E-state index contributed by atoms with van der Waals surface area (Å²) in [6.45, 7) is 9.04. The molecule has 3 rings (SSSR count). The van der Waals surface area contributed by atoms with E-state index in [1.165, 1.54) is 30.6 Å². The Balaban J connectivity index is 2.16. The summed E-state index contributed by atoms with van der Waals surface area (Å²) < 4.78 is 2.49. The van der Waals surface area contributed by atoms with Crippen molar-refractivity contribution < 1.29 is 0 Å². The molecule has 2 N–H and O–H groups in total. The lowest BCUT2D eigenvalue weighted by atomic mass is 9.94. The molecule has 0 spiro atoms. The minimum atomic E-state index is 0.0464. The number of rotatable bonds is 4. The maximum Gasteiger partial charge on any atom is 0.115 e. The molecule has 1 unspecified atom stereocenters. The number of nitrogens with two attached hydrogens (primary N) is 1. The number of anilines is 1. The fourth-order valence-corrected chi connectivity index (χ4v) is 3.21. The Hall–Kier alpha value is -1.51. The van der Waals surface area contributed by atoms with E-state index in [1.54, 1.807) is 0 Å². The Labute approximate surface area is 127 Å². The molecule has 0 amide bonds. The first-order chi connectivity index (χ1) is 9.90. The van der Waals surface area contributed by atoms with Gasteiger partial charge in [-0.2, -0.15) is 0 Å². The Bertz CT molecular complexity index is 644. The van der Waals surface area contributed by atoms with E-state index in [1.807, 2.05) is 12.1 Å². The van der Waals surface area contributed by atoms with Crippen LogP contribution in [0, 0.1) is 5.92 Å². The van der Waals surface area contributed by atoms with Gasteiger partial charge < -0.3 is 10.3 Å². The maximum absolute atomic E-state index is 5.94. The van der Waals surface area contributed by atoms with Crippen molar-refractivity contribution in [3.63, 3.8) is 0 Å². The maximum atomic E-state index is 5.94. The van der Waals surface area contributed by atoms with E-state index >= 15 is 0 Å². The molecule has 2 aromatic rings. The number of hydrogen-bond donors (Lipinski definition) is 1. The van der Waals surface area contributed by atoms with Crippen LogP contribution in [0.25, 0.3) is 11.0 Å². The largest absolute Gasteiger partial charge is 0.399 e. The second-order valence-electron chi connectivity index (χ2n) is 7.54. The van der Waals surface area contributed by atoms with Crippen LogP contribution < -0.4 is 5.73 Å². The summed E-state index contributed by atoms with van der Waals surface area (Å²) in [7, 11) is 0. The van der Waals surface area contributed by atoms with Crippen molar-refractivity contribution in [3.8, 4) is 0 Å². The third-order valence-corrected chi connectivity index (χ3v) is 4.52. The van der Waals surface area contributed by atoms with Crippen LogP contribution in [-0.4, -0.2) is 9.55 Å². The van der Waals surface area contributed by atoms with Crippen LogP contribution in [0.1, 0.15) is 65.2 Å². The van der Waals surface area contributed by atoms with E-state index < -0.39 is 0 Å². The SMILES string of the molecule is CCC(CC1CC1)n1c(C(C)(C)C)nc2cc(N)ccc21. The quantitative estimate of drug-likeness (QED) is 0.830. The Kier molecular flexibility index (Phi) is 3.46. The van der Waals surface area contributed by atoms with Gasteiger partial charge in [0.15, 0.2) is 0 Å². The standard InChI is InChI=1S/C18H27N3/c1-5-14(10-12-6-7-12)21-16-9-8-13(19)11-15(16)20-17(21)18(2,3)4/h8-9,11-12,14H,5-7,10,19H2,1-4H3. The van der Waals surface area contributed by atoms with E-state index in [-0.39, 0.29) is 5.41 Å². The number of imidazole rings is 1. The van der Waals surface area contributed by atoms with Gasteiger partial charge in [0.25, 0.3) is 0 Å². The molecule has 0 bridgehead atoms. The minimum Gasteiger partial charge on any atom is -0.399 e. The summed E-state index contributed by atoms with van der Waals surface area (Å²) in [4.78, 5) is 4.92. The average molecular weight is 285 g/mol. The Morgan fingerprint density at radius 1 is 1.33 bits per heavy atom. The van der Waals surface area contributed by atoms with Crippen LogP contribution in [0.15, 0.2) is 18.2 Å². The van der Waals surface area contributed by atoms with Crippen molar-refractivity contribution in [2.24, 2.45) is 5.92 Å². The van der Waals surface area contributed by atoms with Gasteiger partial charge in [-0.1, -0.05) is 40.5 Å². The lowest BCUT2D eigenvalue weighted by Crippen LogP contribution is -2.22. The van der Waals surface area contributed by atoms with Crippen LogP contribution >= 0.6 is 0 Å². The van der Waals surface area contributed by atoms with E-state index in [4.69, 9.17) is 10.7 Å². The smallest absolute Gasteiger partial charge is 0.115 e. The second-order valence-corrected chi connectivity index (χ2v) is 7.54. The van der Waals surface area contributed by atoms with Crippen LogP contribution in [0.4, 0.5) is 5.69 Å². The highest BCUT2D eigenvalue weighted by Gasteiger charge is 2.30. The monoisotopic (exact) mass is 285 g/mol. The Morgan fingerprint density at radius 2 is 2.05 bits per heavy atom. The number of nitrogen functional groups attached to an aromatic ring is 1. The molecule has 1 heterocycles. The number of fused-ring (bicyclic) bond motifs is 1. The van der Waals surface area contributed by atoms with Crippen LogP contribution in [0.3, 0.4) is 0 Å². The fourth-order valence-electron chi connectivity index (χ4n) is 3.21. The van der Waals surface area contributed by atoms with Crippen molar-refractivity contribution >= 4 is 16.7 Å². The molecule has 1 saturated carbocycles. The number of benzene rings is 1. The molecular formula is C18H27N3. The van der Waals surface area contributed by atoms with Crippen molar-refractivity contribution in [1.29, 1.82) is 0 Å². The van der Waals surface area contributed by atoms with Gasteiger partial charge in [0, 0.05) is 17.1 Å². The zero-order chi connectivity index (χ0) is 15.2. The van der Waals surface area contributed by atoms with Gasteiger partial charge in [0.2, 0.25) is 0 Å². The normalized spacial score (nSPS) is 17.3. The van der Waals surface area contributed by atoms with Gasteiger partial charge >= 0.3 is 0 Å². The van der Waals surface area contributed by atoms with Crippen molar-refractivity contribution in [3.05, 3.63) is 24.0 Å². The fraction of sp³-hybridized carbons (Fsp3) is 0.611. The second kappa shape index (κ2) is 5.04. The zero-order valence-corrected chi connectivity index (χ0v) is 13.7. The topological polar surface area (TPSA) is 43.8 Å². The predicted octanol–water partition coefficient (Wildman–Crippen LogP) is 4.67. The zero-order valence-electron chi connectivity index (χ0n) is 13.7. The molecular weight excluding hydrogens is 258 g/mol. The highest BCUT2D eigenvalue weighted by Crippen LogP contribution is 2.40. The number of aromatic nitrogens is 2. The van der Waals surface area contributed by atoms with Crippen molar-refractivity contribution in [2.45, 2.75) is 64.8 Å². The van der Waals surface area contributed by atoms with E-state index in [0.29, 0.717) is 6.04 Å². The summed E-state index contributed by atoms with van der Waals surface area (Å²) in [5, 5.41) is 0. The van der Waals surface area contributed by atoms with E-state index in [2.05, 4.69) is 38.3 Å². The molecule has 0 radical (unpaired) electrons. The summed E-state index contributed by atoms with van der Waals surface area (Å²) in [6.07, 6.45) is 5.26. The molecule has 1 aliphatic carbocycles. The van der Waals surface area contributed by atoms with Crippen LogP contribution in [-0.2, 0) is 5.41 Å². The molecule has 0 aliphatic heterocycles. The highest BCUT2D eigenvalue weighted by atomic mass is 15.1. The lowest BCUT2D eigenvalue weighted by molar-refractivity contribution is 0.395. The summed E-state index contributed by atoms with van der Waals surface area (Å²) in [6, 6.07) is 6.70. The molecule has 3 nitrogen and oxygen atoms in total. The van der Waals surface area contributed by atoms with Gasteiger partial charge in [-0.3, -0.25) is 0 Å². The molecule has 1 fully saturated rings. The van der Waals surface area contributed by atoms with Crippen LogP contribution in [0.5, 0.6) is 0 Å². The Morgan fingerprint density at radius 3 is 2.62 bits per heavy atom. The summed E-state index contributed by atoms with van der Waals surface area (Å²) in [5.74, 6) is 2.12. The molecule has 1 atom stereocenters. The first-order valence-electron chi connectivity index (χ1n) is 8.18.